The van der Waals surface area contributed by atoms with E-state index < -0.39 is 18.5 Å². The molecule has 2 aromatic rings. The summed E-state index contributed by atoms with van der Waals surface area (Å²) in [5, 5.41) is 2.62. The summed E-state index contributed by atoms with van der Waals surface area (Å²) in [5.74, 6) is -0.669. The van der Waals surface area contributed by atoms with Crippen LogP contribution in [0.4, 0.5) is 5.69 Å². The number of unbranched alkanes of at least 4 members (excludes halogenated alkanes) is 2. The molecule has 1 N–H and O–H groups in total. The average Bonchev–Trinajstić information content (AvgIpc) is 2.77. The van der Waals surface area contributed by atoms with Gasteiger partial charge in [0.15, 0.2) is 12.4 Å². The Morgan fingerprint density at radius 3 is 2.37 bits per heavy atom. The number of benzene rings is 2. The maximum absolute atomic E-state index is 12.3. The second-order valence-corrected chi connectivity index (χ2v) is 6.99. The number of hydrogen-bond acceptors (Lipinski definition) is 5. The Labute approximate surface area is 177 Å². The Morgan fingerprint density at radius 2 is 1.67 bits per heavy atom. The number of rotatable bonds is 12. The van der Waals surface area contributed by atoms with Gasteiger partial charge in [-0.3, -0.25) is 14.4 Å². The highest BCUT2D eigenvalue weighted by molar-refractivity contribution is 5.98. The minimum Gasteiger partial charge on any atom is -0.495 e. The molecule has 2 aromatic carbocycles. The summed E-state index contributed by atoms with van der Waals surface area (Å²) in [6.07, 6.45) is 4.49. The number of carbonyl (C=O) groups is 3. The smallest absolute Gasteiger partial charge is 0.306 e. The number of nitrogens with one attached hydrogen (secondary N) is 1. The van der Waals surface area contributed by atoms with Gasteiger partial charge >= 0.3 is 5.97 Å². The quantitative estimate of drug-likeness (QED) is 0.314. The van der Waals surface area contributed by atoms with Crippen molar-refractivity contribution in [2.45, 2.75) is 45.4 Å². The van der Waals surface area contributed by atoms with E-state index in [4.69, 9.17) is 9.47 Å². The second-order valence-electron chi connectivity index (χ2n) is 6.99. The van der Waals surface area contributed by atoms with Gasteiger partial charge in [0.1, 0.15) is 5.75 Å². The van der Waals surface area contributed by atoms with Gasteiger partial charge in [-0.05, 0) is 30.5 Å². The lowest BCUT2D eigenvalue weighted by molar-refractivity contribution is -0.147. The fourth-order valence-electron chi connectivity index (χ4n) is 2.95. The lowest BCUT2D eigenvalue weighted by atomic mass is 10.0. The SMILES string of the molecule is CCCCCc1ccc(C(=O)CCC(=O)OCC(=O)Nc2ccccc2OC)cc1. The molecule has 0 fully saturated rings. The minimum absolute atomic E-state index is 0.0438. The molecule has 0 radical (unpaired) electrons. The first-order chi connectivity index (χ1) is 14.5. The van der Waals surface area contributed by atoms with Crippen molar-refractivity contribution >= 4 is 23.3 Å². The van der Waals surface area contributed by atoms with Gasteiger partial charge in [0.25, 0.3) is 5.91 Å². The van der Waals surface area contributed by atoms with E-state index in [1.165, 1.54) is 25.5 Å². The van der Waals surface area contributed by atoms with Crippen LogP contribution in [0.15, 0.2) is 48.5 Å². The summed E-state index contributed by atoms with van der Waals surface area (Å²) in [6, 6.07) is 14.5. The zero-order valence-corrected chi connectivity index (χ0v) is 17.6. The number of esters is 1. The van der Waals surface area contributed by atoms with E-state index in [-0.39, 0.29) is 18.6 Å². The zero-order chi connectivity index (χ0) is 21.8. The molecule has 0 saturated heterocycles. The molecule has 30 heavy (non-hydrogen) atoms. The number of Topliss-reactive ketones (excluding diaryl/α,β-unsaturated/α-hetero) is 1. The Morgan fingerprint density at radius 1 is 0.933 bits per heavy atom. The first-order valence-electron chi connectivity index (χ1n) is 10.2. The minimum atomic E-state index is -0.588. The van der Waals surface area contributed by atoms with Crippen molar-refractivity contribution in [2.24, 2.45) is 0 Å². The van der Waals surface area contributed by atoms with Gasteiger partial charge < -0.3 is 14.8 Å². The maximum atomic E-state index is 12.3. The number of hydrogen-bond donors (Lipinski definition) is 1. The molecule has 0 aliphatic rings. The van der Waals surface area contributed by atoms with Crippen molar-refractivity contribution in [1.29, 1.82) is 0 Å². The highest BCUT2D eigenvalue weighted by Gasteiger charge is 2.13. The van der Waals surface area contributed by atoms with Gasteiger partial charge in [-0.2, -0.15) is 0 Å². The third-order valence-electron chi connectivity index (χ3n) is 4.65. The highest BCUT2D eigenvalue weighted by atomic mass is 16.5. The van der Waals surface area contributed by atoms with Crippen molar-refractivity contribution in [1.82, 2.24) is 0 Å². The number of ether oxygens (including phenoxy) is 2. The second kappa shape index (κ2) is 12.4. The summed E-state index contributed by atoms with van der Waals surface area (Å²) in [7, 11) is 1.50. The molecule has 0 bridgehead atoms. The molecule has 0 saturated carbocycles. The molecule has 0 atom stereocenters. The van der Waals surface area contributed by atoms with Crippen LogP contribution in [0.1, 0.15) is 54.9 Å². The Bertz CT molecular complexity index is 845. The standard InChI is InChI=1S/C24H29NO5/c1-3-4-5-8-18-11-13-19(14-12-18)21(26)15-16-24(28)30-17-23(27)25-20-9-6-7-10-22(20)29-2/h6-7,9-14H,3-5,8,15-17H2,1-2H3,(H,25,27). The number of anilines is 1. The molecule has 6 heteroatoms. The van der Waals surface area contributed by atoms with E-state index in [0.717, 1.165) is 12.8 Å². The number of aryl methyl sites for hydroxylation is 1. The molecule has 0 aromatic heterocycles. The van der Waals surface area contributed by atoms with Gasteiger partial charge in [-0.1, -0.05) is 56.2 Å². The fraction of sp³-hybridized carbons (Fsp3) is 0.375. The van der Waals surface area contributed by atoms with E-state index in [9.17, 15) is 14.4 Å². The van der Waals surface area contributed by atoms with Crippen LogP contribution in [-0.2, 0) is 20.7 Å². The zero-order valence-electron chi connectivity index (χ0n) is 17.6. The first-order valence-corrected chi connectivity index (χ1v) is 10.2. The van der Waals surface area contributed by atoms with Gasteiger partial charge in [0.2, 0.25) is 0 Å². The lowest BCUT2D eigenvalue weighted by Crippen LogP contribution is -2.21. The van der Waals surface area contributed by atoms with E-state index in [1.807, 2.05) is 12.1 Å². The van der Waals surface area contributed by atoms with Gasteiger partial charge in [0, 0.05) is 12.0 Å². The Balaban J connectivity index is 1.72. The maximum Gasteiger partial charge on any atom is 0.306 e. The van der Waals surface area contributed by atoms with Crippen molar-refractivity contribution in [3.63, 3.8) is 0 Å². The molecule has 0 spiro atoms. The lowest BCUT2D eigenvalue weighted by Gasteiger charge is -2.10. The van der Waals surface area contributed by atoms with Crippen LogP contribution in [0.2, 0.25) is 0 Å². The predicted octanol–water partition coefficient (Wildman–Crippen LogP) is 4.57. The predicted molar refractivity (Wildman–Crippen MR) is 116 cm³/mol. The number of amides is 1. The first kappa shape index (κ1) is 23.1. The van der Waals surface area contributed by atoms with Crippen LogP contribution in [-0.4, -0.2) is 31.4 Å². The third kappa shape index (κ3) is 7.70. The number of ketones is 1. The third-order valence-corrected chi connectivity index (χ3v) is 4.65. The summed E-state index contributed by atoms with van der Waals surface area (Å²) in [4.78, 5) is 36.1. The van der Waals surface area contributed by atoms with E-state index in [2.05, 4.69) is 12.2 Å². The molecule has 1 amide bonds. The molecular formula is C24H29NO5. The van der Waals surface area contributed by atoms with Crippen LogP contribution in [0.5, 0.6) is 5.75 Å². The average molecular weight is 411 g/mol. The number of carbonyl (C=O) groups excluding carboxylic acids is 3. The largest absolute Gasteiger partial charge is 0.495 e. The van der Waals surface area contributed by atoms with Crippen molar-refractivity contribution in [3.05, 3.63) is 59.7 Å². The van der Waals surface area contributed by atoms with Crippen molar-refractivity contribution < 1.29 is 23.9 Å². The van der Waals surface area contributed by atoms with E-state index in [0.29, 0.717) is 17.0 Å². The molecule has 0 heterocycles. The van der Waals surface area contributed by atoms with Gasteiger partial charge in [0.05, 0.1) is 19.2 Å². The molecule has 2 rings (SSSR count). The molecule has 0 unspecified atom stereocenters. The van der Waals surface area contributed by atoms with Crippen LogP contribution in [0, 0.1) is 0 Å². The Hall–Kier alpha value is -3.15. The number of methoxy groups -OCH3 is 1. The van der Waals surface area contributed by atoms with Crippen molar-refractivity contribution in [3.8, 4) is 5.75 Å². The van der Waals surface area contributed by atoms with Crippen LogP contribution >= 0.6 is 0 Å². The van der Waals surface area contributed by atoms with Crippen LogP contribution in [0.3, 0.4) is 0 Å². The summed E-state index contributed by atoms with van der Waals surface area (Å²) in [5.41, 5.74) is 2.28. The molecule has 0 aliphatic heterocycles. The summed E-state index contributed by atoms with van der Waals surface area (Å²) < 4.78 is 10.1. The Kier molecular flexibility index (Phi) is 9.58. The van der Waals surface area contributed by atoms with Crippen LogP contribution < -0.4 is 10.1 Å². The summed E-state index contributed by atoms with van der Waals surface area (Å²) >= 11 is 0. The van der Waals surface area contributed by atoms with Crippen molar-refractivity contribution in [2.75, 3.05) is 19.0 Å². The summed E-state index contributed by atoms with van der Waals surface area (Å²) in [6.45, 7) is 1.75. The topological polar surface area (TPSA) is 81.7 Å². The monoisotopic (exact) mass is 411 g/mol. The molecule has 160 valence electrons. The highest BCUT2D eigenvalue weighted by Crippen LogP contribution is 2.22. The van der Waals surface area contributed by atoms with Gasteiger partial charge in [-0.25, -0.2) is 0 Å². The van der Waals surface area contributed by atoms with E-state index >= 15 is 0 Å². The fourth-order valence-corrected chi connectivity index (χ4v) is 2.95. The van der Waals surface area contributed by atoms with Gasteiger partial charge in [-0.15, -0.1) is 0 Å². The molecule has 0 aliphatic carbocycles. The number of para-hydroxylation sites is 2. The van der Waals surface area contributed by atoms with E-state index in [1.54, 1.807) is 36.4 Å². The molecular weight excluding hydrogens is 382 g/mol. The normalized spacial score (nSPS) is 10.3. The molecule has 6 nitrogen and oxygen atoms in total. The van der Waals surface area contributed by atoms with Crippen LogP contribution in [0.25, 0.3) is 0 Å².